The van der Waals surface area contributed by atoms with Gasteiger partial charge in [-0.2, -0.15) is 0 Å². The van der Waals surface area contributed by atoms with Crippen LogP contribution in [0.15, 0.2) is 27.2 Å². The second-order valence-corrected chi connectivity index (χ2v) is 5.06. The van der Waals surface area contributed by atoms with Crippen molar-refractivity contribution in [1.29, 1.82) is 0 Å². The lowest BCUT2D eigenvalue weighted by Gasteiger charge is -2.11. The summed E-state index contributed by atoms with van der Waals surface area (Å²) in [4.78, 5) is 0. The summed E-state index contributed by atoms with van der Waals surface area (Å²) >= 11 is 6.96. The van der Waals surface area contributed by atoms with Gasteiger partial charge in [-0.1, -0.05) is 35.0 Å². The monoisotopic (exact) mass is 347 g/mol. The van der Waals surface area contributed by atoms with E-state index < -0.39 is 0 Å². The molecule has 0 aromatic heterocycles. The van der Waals surface area contributed by atoms with Gasteiger partial charge in [-0.15, -0.1) is 0 Å². The SMILES string of the molecule is CCCOc1c(Br)cc(Br)cc1C=CCN. The van der Waals surface area contributed by atoms with Crippen molar-refractivity contribution in [2.45, 2.75) is 13.3 Å². The maximum atomic E-state index is 5.71. The topological polar surface area (TPSA) is 35.2 Å². The first kappa shape index (κ1) is 13.7. The minimum absolute atomic E-state index is 0.525. The van der Waals surface area contributed by atoms with Crippen LogP contribution in [0.25, 0.3) is 6.08 Å². The van der Waals surface area contributed by atoms with Crippen LogP contribution in [-0.2, 0) is 0 Å². The third kappa shape index (κ3) is 3.92. The molecule has 0 saturated heterocycles. The molecular weight excluding hydrogens is 334 g/mol. The lowest BCUT2D eigenvalue weighted by molar-refractivity contribution is 0.315. The first-order chi connectivity index (χ1) is 7.69. The van der Waals surface area contributed by atoms with Crippen molar-refractivity contribution in [2.24, 2.45) is 5.73 Å². The molecular formula is C12H15Br2NO. The van der Waals surface area contributed by atoms with E-state index in [-0.39, 0.29) is 0 Å². The van der Waals surface area contributed by atoms with Crippen molar-refractivity contribution < 1.29 is 4.74 Å². The van der Waals surface area contributed by atoms with Crippen LogP contribution >= 0.6 is 31.9 Å². The molecule has 0 aliphatic carbocycles. The Labute approximate surface area is 113 Å². The van der Waals surface area contributed by atoms with Crippen LogP contribution in [-0.4, -0.2) is 13.2 Å². The van der Waals surface area contributed by atoms with E-state index in [1.165, 1.54) is 0 Å². The number of hydrogen-bond acceptors (Lipinski definition) is 2. The zero-order valence-corrected chi connectivity index (χ0v) is 12.3. The number of hydrogen-bond donors (Lipinski definition) is 1. The van der Waals surface area contributed by atoms with Crippen LogP contribution in [0.5, 0.6) is 5.75 Å². The Morgan fingerprint density at radius 3 is 2.75 bits per heavy atom. The molecule has 1 rings (SSSR count). The molecule has 0 atom stereocenters. The number of benzene rings is 1. The smallest absolute Gasteiger partial charge is 0.140 e. The molecule has 16 heavy (non-hydrogen) atoms. The fraction of sp³-hybridized carbons (Fsp3) is 0.333. The third-order valence-electron chi connectivity index (χ3n) is 1.92. The zero-order valence-electron chi connectivity index (χ0n) is 9.17. The van der Waals surface area contributed by atoms with E-state index in [1.54, 1.807) is 0 Å². The highest BCUT2D eigenvalue weighted by molar-refractivity contribution is 9.11. The van der Waals surface area contributed by atoms with Gasteiger partial charge in [0.2, 0.25) is 0 Å². The Balaban J connectivity index is 3.05. The average molecular weight is 349 g/mol. The summed E-state index contributed by atoms with van der Waals surface area (Å²) in [6, 6.07) is 3.99. The minimum Gasteiger partial charge on any atom is -0.492 e. The van der Waals surface area contributed by atoms with Gasteiger partial charge in [0.1, 0.15) is 5.75 Å². The standard InChI is InChI=1S/C12H15Br2NO/c1-2-6-16-12-9(4-3-5-15)7-10(13)8-11(12)14/h3-4,7-8H,2,5-6,15H2,1H3. The Hall–Kier alpha value is -0.320. The van der Waals surface area contributed by atoms with E-state index in [1.807, 2.05) is 24.3 Å². The molecule has 0 heterocycles. The molecule has 1 aromatic rings. The van der Waals surface area contributed by atoms with Crippen LogP contribution in [0.4, 0.5) is 0 Å². The maximum Gasteiger partial charge on any atom is 0.140 e. The number of ether oxygens (including phenoxy) is 1. The highest BCUT2D eigenvalue weighted by Crippen LogP contribution is 2.33. The van der Waals surface area contributed by atoms with E-state index in [0.717, 1.165) is 26.7 Å². The van der Waals surface area contributed by atoms with Gasteiger partial charge < -0.3 is 10.5 Å². The Bertz CT molecular complexity index is 378. The van der Waals surface area contributed by atoms with Gasteiger partial charge in [0.05, 0.1) is 11.1 Å². The summed E-state index contributed by atoms with van der Waals surface area (Å²) in [5, 5.41) is 0. The van der Waals surface area contributed by atoms with E-state index >= 15 is 0 Å². The molecule has 0 unspecified atom stereocenters. The zero-order chi connectivity index (χ0) is 12.0. The van der Waals surface area contributed by atoms with Gasteiger partial charge in [-0.25, -0.2) is 0 Å². The van der Waals surface area contributed by atoms with Crippen molar-refractivity contribution in [3.63, 3.8) is 0 Å². The van der Waals surface area contributed by atoms with E-state index in [2.05, 4.69) is 38.8 Å². The third-order valence-corrected chi connectivity index (χ3v) is 2.97. The molecule has 4 heteroatoms. The predicted molar refractivity (Wildman–Crippen MR) is 75.7 cm³/mol. The summed E-state index contributed by atoms with van der Waals surface area (Å²) < 4.78 is 7.67. The first-order valence-electron chi connectivity index (χ1n) is 5.17. The van der Waals surface area contributed by atoms with Crippen molar-refractivity contribution in [3.05, 3.63) is 32.7 Å². The van der Waals surface area contributed by atoms with Gasteiger partial charge in [0, 0.05) is 16.6 Å². The Kier molecular flexibility index (Phi) is 6.09. The molecule has 0 fully saturated rings. The van der Waals surface area contributed by atoms with Gasteiger partial charge in [0.25, 0.3) is 0 Å². The van der Waals surface area contributed by atoms with Crippen molar-refractivity contribution in [2.75, 3.05) is 13.2 Å². The van der Waals surface area contributed by atoms with Crippen molar-refractivity contribution in [1.82, 2.24) is 0 Å². The maximum absolute atomic E-state index is 5.71. The molecule has 2 N–H and O–H groups in total. The molecule has 0 aliphatic rings. The van der Waals surface area contributed by atoms with Gasteiger partial charge in [0.15, 0.2) is 0 Å². The largest absolute Gasteiger partial charge is 0.492 e. The number of rotatable bonds is 5. The van der Waals surface area contributed by atoms with Crippen molar-refractivity contribution >= 4 is 37.9 Å². The summed E-state index contributed by atoms with van der Waals surface area (Å²) in [5.74, 6) is 0.870. The highest BCUT2D eigenvalue weighted by atomic mass is 79.9. The van der Waals surface area contributed by atoms with Gasteiger partial charge in [-0.05, 0) is 34.5 Å². The van der Waals surface area contributed by atoms with Crippen LogP contribution in [0.1, 0.15) is 18.9 Å². The average Bonchev–Trinajstić information content (AvgIpc) is 2.24. The molecule has 1 aromatic carbocycles. The molecule has 88 valence electrons. The van der Waals surface area contributed by atoms with Gasteiger partial charge in [-0.3, -0.25) is 0 Å². The Morgan fingerprint density at radius 1 is 1.38 bits per heavy atom. The minimum atomic E-state index is 0.525. The first-order valence-corrected chi connectivity index (χ1v) is 6.76. The van der Waals surface area contributed by atoms with E-state index in [9.17, 15) is 0 Å². The van der Waals surface area contributed by atoms with Crippen LogP contribution in [0, 0.1) is 0 Å². The number of halogens is 2. The normalized spacial score (nSPS) is 11.0. The van der Waals surface area contributed by atoms with E-state index in [4.69, 9.17) is 10.5 Å². The van der Waals surface area contributed by atoms with Crippen LogP contribution in [0.2, 0.25) is 0 Å². The summed E-state index contributed by atoms with van der Waals surface area (Å²) in [6.45, 7) is 3.32. The highest BCUT2D eigenvalue weighted by Gasteiger charge is 2.07. The molecule has 0 saturated carbocycles. The van der Waals surface area contributed by atoms with Crippen molar-refractivity contribution in [3.8, 4) is 5.75 Å². The lowest BCUT2D eigenvalue weighted by Crippen LogP contribution is -1.98. The second-order valence-electron chi connectivity index (χ2n) is 3.29. The number of nitrogens with two attached hydrogens (primary N) is 1. The predicted octanol–water partition coefficient (Wildman–Crippen LogP) is 3.97. The fourth-order valence-electron chi connectivity index (χ4n) is 1.26. The molecule has 0 amide bonds. The summed E-state index contributed by atoms with van der Waals surface area (Å²) in [5.41, 5.74) is 6.48. The quantitative estimate of drug-likeness (QED) is 0.873. The summed E-state index contributed by atoms with van der Waals surface area (Å²) in [6.07, 6.45) is 4.87. The van der Waals surface area contributed by atoms with E-state index in [0.29, 0.717) is 13.2 Å². The molecule has 0 aliphatic heterocycles. The molecule has 2 nitrogen and oxygen atoms in total. The fourth-order valence-corrected chi connectivity index (χ4v) is 2.63. The Morgan fingerprint density at radius 2 is 2.12 bits per heavy atom. The lowest BCUT2D eigenvalue weighted by atomic mass is 10.2. The summed E-state index contributed by atoms with van der Waals surface area (Å²) in [7, 11) is 0. The van der Waals surface area contributed by atoms with Crippen LogP contribution in [0.3, 0.4) is 0 Å². The van der Waals surface area contributed by atoms with Gasteiger partial charge >= 0.3 is 0 Å². The second kappa shape index (κ2) is 7.09. The molecule has 0 radical (unpaired) electrons. The molecule has 0 spiro atoms. The molecule has 0 bridgehead atoms. The van der Waals surface area contributed by atoms with Crippen LogP contribution < -0.4 is 10.5 Å².